The van der Waals surface area contributed by atoms with Crippen molar-refractivity contribution in [3.05, 3.63) is 93.4 Å². The van der Waals surface area contributed by atoms with E-state index in [0.29, 0.717) is 17.9 Å². The molecule has 6 heteroatoms. The Morgan fingerprint density at radius 2 is 1.93 bits per heavy atom. The Morgan fingerprint density at radius 3 is 2.72 bits per heavy atom. The number of ether oxygens (including phenoxy) is 1. The molecule has 2 heterocycles. The number of likely N-dealkylation sites (N-methyl/N-ethyl adjacent to an activating group) is 1. The Bertz CT molecular complexity index is 1080. The fourth-order valence-corrected chi connectivity index (χ4v) is 3.45. The second-order valence-corrected chi connectivity index (χ2v) is 7.36. The molecule has 4 rings (SSSR count). The fourth-order valence-electron chi connectivity index (χ4n) is 3.45. The first-order chi connectivity index (χ1) is 14.1. The smallest absolute Gasteiger partial charge is 0.270 e. The van der Waals surface area contributed by atoms with Gasteiger partial charge in [-0.25, -0.2) is 4.68 Å². The number of ketones is 1. The molecule has 0 radical (unpaired) electrons. The highest BCUT2D eigenvalue weighted by molar-refractivity contribution is 5.96. The van der Waals surface area contributed by atoms with E-state index >= 15 is 0 Å². The summed E-state index contributed by atoms with van der Waals surface area (Å²) in [7, 11) is 2.07. The van der Waals surface area contributed by atoms with Crippen molar-refractivity contribution in [2.75, 3.05) is 13.6 Å². The van der Waals surface area contributed by atoms with Crippen molar-refractivity contribution in [2.45, 2.75) is 26.1 Å². The van der Waals surface area contributed by atoms with Gasteiger partial charge in [-0.05, 0) is 36.2 Å². The number of aromatic nitrogens is 2. The highest BCUT2D eigenvalue weighted by atomic mass is 16.5. The summed E-state index contributed by atoms with van der Waals surface area (Å²) >= 11 is 0. The number of fused-ring (bicyclic) bond motifs is 1. The fraction of sp³-hybridized carbons (Fsp3) is 0.261. The van der Waals surface area contributed by atoms with Crippen LogP contribution in [0.25, 0.3) is 0 Å². The Balaban J connectivity index is 1.43. The van der Waals surface area contributed by atoms with Gasteiger partial charge < -0.3 is 9.64 Å². The number of nitrogens with zero attached hydrogens (tertiary/aromatic N) is 3. The third-order valence-electron chi connectivity index (χ3n) is 5.12. The van der Waals surface area contributed by atoms with Crippen LogP contribution in [0.15, 0.2) is 65.6 Å². The molecule has 0 saturated heterocycles. The average molecular weight is 389 g/mol. The molecule has 0 spiro atoms. The maximum absolute atomic E-state index is 12.7. The Hall–Kier alpha value is -3.25. The van der Waals surface area contributed by atoms with Crippen LogP contribution in [0.3, 0.4) is 0 Å². The van der Waals surface area contributed by atoms with E-state index in [1.165, 1.54) is 28.1 Å². The van der Waals surface area contributed by atoms with Crippen LogP contribution in [-0.2, 0) is 26.1 Å². The van der Waals surface area contributed by atoms with E-state index in [1.54, 1.807) is 0 Å². The van der Waals surface area contributed by atoms with Gasteiger partial charge >= 0.3 is 0 Å². The average Bonchev–Trinajstić information content (AvgIpc) is 2.74. The first-order valence-electron chi connectivity index (χ1n) is 9.66. The molecular weight excluding hydrogens is 366 g/mol. The predicted octanol–water partition coefficient (Wildman–Crippen LogP) is 2.69. The molecular formula is C23H23N3O3. The summed E-state index contributed by atoms with van der Waals surface area (Å²) in [6, 6.07) is 16.9. The van der Waals surface area contributed by atoms with Crippen LogP contribution >= 0.6 is 0 Å². The largest absolute Gasteiger partial charge is 0.487 e. The van der Waals surface area contributed by atoms with E-state index < -0.39 is 0 Å². The van der Waals surface area contributed by atoms with Crippen molar-refractivity contribution in [2.24, 2.45) is 0 Å². The molecule has 0 amide bonds. The lowest BCUT2D eigenvalue weighted by molar-refractivity contribution is 0.0965. The van der Waals surface area contributed by atoms with Crippen molar-refractivity contribution >= 4 is 5.78 Å². The molecule has 0 saturated carbocycles. The quantitative estimate of drug-likeness (QED) is 0.607. The second-order valence-electron chi connectivity index (χ2n) is 7.36. The second kappa shape index (κ2) is 8.41. The van der Waals surface area contributed by atoms with E-state index in [-0.39, 0.29) is 17.9 Å². The Labute approximate surface area is 169 Å². The lowest BCUT2D eigenvalue weighted by Gasteiger charge is -2.25. The minimum atomic E-state index is -0.360. The van der Waals surface area contributed by atoms with Crippen LogP contribution in [-0.4, -0.2) is 34.1 Å². The van der Waals surface area contributed by atoms with Crippen molar-refractivity contribution in [3.63, 3.8) is 0 Å². The van der Waals surface area contributed by atoms with Gasteiger partial charge in [0.05, 0.1) is 6.20 Å². The number of benzene rings is 2. The Morgan fingerprint density at radius 1 is 1.10 bits per heavy atom. The number of carbonyl (C=O) groups is 1. The maximum atomic E-state index is 12.7. The van der Waals surface area contributed by atoms with E-state index in [1.807, 2.05) is 48.5 Å². The van der Waals surface area contributed by atoms with E-state index in [0.717, 1.165) is 25.1 Å². The molecule has 0 bridgehead atoms. The van der Waals surface area contributed by atoms with Crippen molar-refractivity contribution < 1.29 is 9.53 Å². The highest BCUT2D eigenvalue weighted by Gasteiger charge is 2.16. The van der Waals surface area contributed by atoms with Crippen LogP contribution < -0.4 is 10.3 Å². The monoisotopic (exact) mass is 389 g/mol. The van der Waals surface area contributed by atoms with Gasteiger partial charge in [0.25, 0.3) is 5.56 Å². The minimum Gasteiger partial charge on any atom is -0.487 e. The number of carbonyl (C=O) groups excluding carboxylic acids is 1. The van der Waals surface area contributed by atoms with Gasteiger partial charge in [-0.1, -0.05) is 42.5 Å². The molecule has 3 aromatic rings. The van der Waals surface area contributed by atoms with Crippen LogP contribution in [0, 0.1) is 0 Å². The minimum absolute atomic E-state index is 0.0908. The standard InChI is InChI=1S/C23H23N3O3/c1-25-10-9-18-7-8-19(11-20(18)14-25)22(27)15-26-23(28)12-21(13-24-26)29-16-17-5-3-2-4-6-17/h2-8,11-13H,9-10,14-16H2,1H3. The summed E-state index contributed by atoms with van der Waals surface area (Å²) in [5, 5.41) is 4.11. The molecule has 6 nitrogen and oxygen atoms in total. The molecule has 0 atom stereocenters. The zero-order chi connectivity index (χ0) is 20.2. The lowest BCUT2D eigenvalue weighted by atomic mass is 9.96. The third kappa shape index (κ3) is 4.60. The van der Waals surface area contributed by atoms with Gasteiger partial charge in [0.15, 0.2) is 5.78 Å². The van der Waals surface area contributed by atoms with Gasteiger partial charge in [0.2, 0.25) is 0 Å². The molecule has 0 unspecified atom stereocenters. The summed E-state index contributed by atoms with van der Waals surface area (Å²) in [5.74, 6) is 0.257. The number of rotatable bonds is 6. The van der Waals surface area contributed by atoms with Crippen LogP contribution in [0.1, 0.15) is 27.0 Å². The van der Waals surface area contributed by atoms with Crippen molar-refractivity contribution in [1.29, 1.82) is 0 Å². The van der Waals surface area contributed by atoms with E-state index in [4.69, 9.17) is 4.74 Å². The number of hydrogen-bond donors (Lipinski definition) is 0. The molecule has 0 aliphatic carbocycles. The molecule has 1 aliphatic heterocycles. The van der Waals surface area contributed by atoms with Crippen molar-refractivity contribution in [3.8, 4) is 5.75 Å². The predicted molar refractivity (Wildman–Crippen MR) is 110 cm³/mol. The van der Waals surface area contributed by atoms with Gasteiger partial charge in [0, 0.05) is 24.7 Å². The van der Waals surface area contributed by atoms with Gasteiger partial charge in [-0.15, -0.1) is 0 Å². The maximum Gasteiger partial charge on any atom is 0.270 e. The van der Waals surface area contributed by atoms with Gasteiger partial charge in [0.1, 0.15) is 18.9 Å². The van der Waals surface area contributed by atoms with Crippen LogP contribution in [0.2, 0.25) is 0 Å². The molecule has 1 aromatic heterocycles. The summed E-state index contributed by atoms with van der Waals surface area (Å²) < 4.78 is 6.79. The highest BCUT2D eigenvalue weighted by Crippen LogP contribution is 2.20. The Kier molecular flexibility index (Phi) is 5.53. The third-order valence-corrected chi connectivity index (χ3v) is 5.12. The molecule has 148 valence electrons. The first-order valence-corrected chi connectivity index (χ1v) is 9.66. The van der Waals surface area contributed by atoms with Crippen molar-refractivity contribution in [1.82, 2.24) is 14.7 Å². The normalized spacial score (nSPS) is 13.7. The molecule has 1 aliphatic rings. The summed E-state index contributed by atoms with van der Waals surface area (Å²) in [5.41, 5.74) is 3.72. The van der Waals surface area contributed by atoms with Gasteiger partial charge in [-0.3, -0.25) is 9.59 Å². The van der Waals surface area contributed by atoms with Crippen LogP contribution in [0.4, 0.5) is 0 Å². The zero-order valence-corrected chi connectivity index (χ0v) is 16.4. The molecule has 2 aromatic carbocycles. The molecule has 29 heavy (non-hydrogen) atoms. The van der Waals surface area contributed by atoms with Crippen LogP contribution in [0.5, 0.6) is 5.75 Å². The van der Waals surface area contributed by atoms with Gasteiger partial charge in [-0.2, -0.15) is 5.10 Å². The molecule has 0 fully saturated rings. The molecule has 0 N–H and O–H groups in total. The summed E-state index contributed by atoms with van der Waals surface area (Å²) in [6.07, 6.45) is 2.46. The first kappa shape index (κ1) is 19.1. The van der Waals surface area contributed by atoms with E-state index in [9.17, 15) is 9.59 Å². The lowest BCUT2D eigenvalue weighted by Crippen LogP contribution is -2.28. The van der Waals surface area contributed by atoms with E-state index in [2.05, 4.69) is 17.0 Å². The number of Topliss-reactive ketones (excluding diaryl/α,β-unsaturated/α-hetero) is 1. The summed E-state index contributed by atoms with van der Waals surface area (Å²) in [6.45, 7) is 2.13. The summed E-state index contributed by atoms with van der Waals surface area (Å²) in [4.78, 5) is 27.3. The topological polar surface area (TPSA) is 64.4 Å². The number of hydrogen-bond acceptors (Lipinski definition) is 5. The SMILES string of the molecule is CN1CCc2ccc(C(=O)Cn3ncc(OCc4ccccc4)cc3=O)cc2C1. The zero-order valence-electron chi connectivity index (χ0n) is 16.4.